The van der Waals surface area contributed by atoms with E-state index < -0.39 is 10.0 Å². The van der Waals surface area contributed by atoms with Gasteiger partial charge in [0.15, 0.2) is 0 Å². The maximum Gasteiger partial charge on any atom is 0.225 e. The van der Waals surface area contributed by atoms with E-state index in [0.717, 1.165) is 12.7 Å². The van der Waals surface area contributed by atoms with Crippen molar-refractivity contribution in [2.75, 3.05) is 19.3 Å². The van der Waals surface area contributed by atoms with Gasteiger partial charge < -0.3 is 5.32 Å². The van der Waals surface area contributed by atoms with E-state index >= 15 is 0 Å². The Balaban J connectivity index is 2.36. The van der Waals surface area contributed by atoms with Gasteiger partial charge in [0.25, 0.3) is 0 Å². The molecule has 0 spiro atoms. The minimum absolute atomic E-state index is 0.0377. The van der Waals surface area contributed by atoms with Gasteiger partial charge in [-0.25, -0.2) is 12.7 Å². The van der Waals surface area contributed by atoms with E-state index in [1.54, 1.807) is 0 Å². The smallest absolute Gasteiger partial charge is 0.225 e. The van der Waals surface area contributed by atoms with Crippen LogP contribution in [-0.4, -0.2) is 44.0 Å². The topological polar surface area (TPSA) is 66.5 Å². The summed E-state index contributed by atoms with van der Waals surface area (Å²) in [5, 5.41) is 2.84. The van der Waals surface area contributed by atoms with Crippen LogP contribution in [0.1, 0.15) is 20.3 Å². The number of amides is 1. The molecule has 15 heavy (non-hydrogen) atoms. The Labute approximate surface area is 90.9 Å². The lowest BCUT2D eigenvalue weighted by Crippen LogP contribution is -2.56. The van der Waals surface area contributed by atoms with Gasteiger partial charge >= 0.3 is 0 Å². The number of hydrogen-bond acceptors (Lipinski definition) is 3. The molecule has 1 amide bonds. The lowest BCUT2D eigenvalue weighted by Gasteiger charge is -2.36. The number of carbonyl (C=O) groups excluding carboxylic acids is 1. The van der Waals surface area contributed by atoms with Crippen LogP contribution >= 0.6 is 0 Å². The van der Waals surface area contributed by atoms with Gasteiger partial charge in [0.2, 0.25) is 15.9 Å². The highest BCUT2D eigenvalue weighted by Crippen LogP contribution is 2.18. The Bertz CT molecular complexity index is 333. The number of sulfonamides is 1. The van der Waals surface area contributed by atoms with E-state index in [1.165, 1.54) is 4.31 Å². The van der Waals surface area contributed by atoms with Crippen molar-refractivity contribution >= 4 is 15.9 Å². The number of hydrogen-bond donors (Lipinski definition) is 1. The number of rotatable bonds is 4. The maximum atomic E-state index is 11.5. The molecular weight excluding hydrogens is 216 g/mol. The number of nitrogens with zero attached hydrogens (tertiary/aromatic N) is 1. The first-order chi connectivity index (χ1) is 6.84. The molecule has 0 aromatic rings. The molecule has 0 aromatic heterocycles. The van der Waals surface area contributed by atoms with Crippen LogP contribution in [0.3, 0.4) is 0 Å². The summed E-state index contributed by atoms with van der Waals surface area (Å²) < 4.78 is 23.4. The van der Waals surface area contributed by atoms with E-state index in [0.29, 0.717) is 13.1 Å². The van der Waals surface area contributed by atoms with Crippen molar-refractivity contribution in [3.05, 3.63) is 0 Å². The molecule has 1 saturated heterocycles. The first-order valence-electron chi connectivity index (χ1n) is 5.10. The van der Waals surface area contributed by atoms with Crippen molar-refractivity contribution in [2.45, 2.75) is 26.3 Å². The maximum absolute atomic E-state index is 11.5. The van der Waals surface area contributed by atoms with E-state index in [4.69, 9.17) is 0 Å². The Kier molecular flexibility index (Phi) is 3.72. The highest BCUT2D eigenvalue weighted by molar-refractivity contribution is 7.88. The molecule has 1 aliphatic rings. The van der Waals surface area contributed by atoms with Crippen LogP contribution in [0.2, 0.25) is 0 Å². The molecule has 0 saturated carbocycles. The summed E-state index contributed by atoms with van der Waals surface area (Å²) >= 11 is 0. The number of nitrogens with one attached hydrogen (secondary N) is 1. The van der Waals surface area contributed by atoms with E-state index in [2.05, 4.69) is 5.32 Å². The van der Waals surface area contributed by atoms with Gasteiger partial charge in [0, 0.05) is 19.1 Å². The van der Waals surface area contributed by atoms with Crippen LogP contribution in [0.15, 0.2) is 0 Å². The van der Waals surface area contributed by atoms with Crippen molar-refractivity contribution in [3.63, 3.8) is 0 Å². The van der Waals surface area contributed by atoms with E-state index in [9.17, 15) is 13.2 Å². The van der Waals surface area contributed by atoms with Crippen molar-refractivity contribution in [1.29, 1.82) is 0 Å². The predicted molar refractivity (Wildman–Crippen MR) is 57.8 cm³/mol. The molecule has 0 aromatic carbocycles. The summed E-state index contributed by atoms with van der Waals surface area (Å²) in [6.45, 7) is 4.57. The Morgan fingerprint density at radius 2 is 2.07 bits per heavy atom. The SMILES string of the molecule is CCC(C)NC(=O)C1CN(S(C)(=O)=O)C1. The molecule has 0 bridgehead atoms. The van der Waals surface area contributed by atoms with Crippen LogP contribution in [0.4, 0.5) is 0 Å². The molecule has 1 unspecified atom stereocenters. The van der Waals surface area contributed by atoms with Crippen molar-refractivity contribution in [1.82, 2.24) is 9.62 Å². The van der Waals surface area contributed by atoms with Gasteiger partial charge in [-0.2, -0.15) is 0 Å². The molecule has 1 aliphatic heterocycles. The molecule has 1 rings (SSSR count). The Hall–Kier alpha value is -0.620. The highest BCUT2D eigenvalue weighted by atomic mass is 32.2. The summed E-state index contributed by atoms with van der Waals surface area (Å²) in [5.74, 6) is -0.210. The summed E-state index contributed by atoms with van der Waals surface area (Å²) in [6, 6.07) is 0.157. The third-order valence-electron chi connectivity index (χ3n) is 2.69. The molecule has 6 heteroatoms. The summed E-state index contributed by atoms with van der Waals surface area (Å²) in [7, 11) is -3.11. The first-order valence-corrected chi connectivity index (χ1v) is 6.95. The summed E-state index contributed by atoms with van der Waals surface area (Å²) in [5.41, 5.74) is 0. The van der Waals surface area contributed by atoms with Crippen molar-refractivity contribution < 1.29 is 13.2 Å². The molecule has 1 heterocycles. The second kappa shape index (κ2) is 4.49. The third-order valence-corrected chi connectivity index (χ3v) is 3.93. The van der Waals surface area contributed by atoms with Crippen molar-refractivity contribution in [2.24, 2.45) is 5.92 Å². The lowest BCUT2D eigenvalue weighted by atomic mass is 10.0. The average molecular weight is 234 g/mol. The zero-order valence-electron chi connectivity index (χ0n) is 9.36. The average Bonchev–Trinajstić information content (AvgIpc) is 1.98. The standard InChI is InChI=1S/C9H18N2O3S/c1-4-7(2)10-9(12)8-5-11(6-8)15(3,13)14/h7-8H,4-6H2,1-3H3,(H,10,12). The Morgan fingerprint density at radius 1 is 1.53 bits per heavy atom. The third kappa shape index (κ3) is 3.17. The fourth-order valence-corrected chi connectivity index (χ4v) is 2.24. The van der Waals surface area contributed by atoms with Gasteiger partial charge in [-0.1, -0.05) is 6.92 Å². The zero-order valence-corrected chi connectivity index (χ0v) is 10.2. The Morgan fingerprint density at radius 3 is 2.47 bits per heavy atom. The minimum Gasteiger partial charge on any atom is -0.353 e. The van der Waals surface area contributed by atoms with E-state index in [-0.39, 0.29) is 17.9 Å². The van der Waals surface area contributed by atoms with Gasteiger partial charge in [0.05, 0.1) is 12.2 Å². The summed E-state index contributed by atoms with van der Waals surface area (Å²) in [4.78, 5) is 11.5. The van der Waals surface area contributed by atoms with Crippen molar-refractivity contribution in [3.8, 4) is 0 Å². The molecule has 1 N–H and O–H groups in total. The van der Waals surface area contributed by atoms with Crippen LogP contribution in [-0.2, 0) is 14.8 Å². The quantitative estimate of drug-likeness (QED) is 0.732. The molecule has 1 fully saturated rings. The normalized spacial score (nSPS) is 20.7. The fraction of sp³-hybridized carbons (Fsp3) is 0.889. The minimum atomic E-state index is -3.11. The van der Waals surface area contributed by atoms with Gasteiger partial charge in [-0.05, 0) is 13.3 Å². The largest absolute Gasteiger partial charge is 0.353 e. The second-order valence-corrected chi connectivity index (χ2v) is 6.08. The predicted octanol–water partition coefficient (Wildman–Crippen LogP) is -0.207. The fourth-order valence-electron chi connectivity index (χ4n) is 1.34. The number of carbonyl (C=O) groups is 1. The molecule has 5 nitrogen and oxygen atoms in total. The van der Waals surface area contributed by atoms with Gasteiger partial charge in [-0.15, -0.1) is 0 Å². The van der Waals surface area contributed by atoms with Crippen LogP contribution in [0.25, 0.3) is 0 Å². The molecule has 88 valence electrons. The van der Waals surface area contributed by atoms with Crippen LogP contribution in [0, 0.1) is 5.92 Å². The first kappa shape index (κ1) is 12.4. The molecule has 0 aliphatic carbocycles. The van der Waals surface area contributed by atoms with E-state index in [1.807, 2.05) is 13.8 Å². The van der Waals surface area contributed by atoms with Gasteiger partial charge in [0.1, 0.15) is 0 Å². The second-order valence-electron chi connectivity index (χ2n) is 4.09. The molecule has 0 radical (unpaired) electrons. The molecular formula is C9H18N2O3S. The van der Waals surface area contributed by atoms with Crippen LogP contribution in [0.5, 0.6) is 0 Å². The highest BCUT2D eigenvalue weighted by Gasteiger charge is 2.37. The monoisotopic (exact) mass is 234 g/mol. The van der Waals surface area contributed by atoms with Crippen LogP contribution < -0.4 is 5.32 Å². The lowest BCUT2D eigenvalue weighted by molar-refractivity contribution is -0.128. The zero-order chi connectivity index (χ0) is 11.6. The summed E-state index contributed by atoms with van der Waals surface area (Å²) in [6.07, 6.45) is 2.05. The van der Waals surface area contributed by atoms with Gasteiger partial charge in [-0.3, -0.25) is 4.79 Å². The molecule has 1 atom stereocenters.